The van der Waals surface area contributed by atoms with Crippen molar-refractivity contribution in [1.29, 1.82) is 0 Å². The van der Waals surface area contributed by atoms with Gasteiger partial charge in [0.2, 0.25) is 5.13 Å². The minimum Gasteiger partial charge on any atom is -0.473 e. The van der Waals surface area contributed by atoms with Crippen molar-refractivity contribution >= 4 is 91.0 Å². The van der Waals surface area contributed by atoms with Crippen LogP contribution in [-0.2, 0) is 53.6 Å². The molecule has 1 amide bonds. The molecule has 0 aliphatic heterocycles. The Bertz CT molecular complexity index is 4180. The number of thiazole rings is 3. The molecule has 10 rings (SSSR count). The number of hydrogen-bond donors (Lipinski definition) is 7. The van der Waals surface area contributed by atoms with Crippen LogP contribution in [0, 0.1) is 13.8 Å². The van der Waals surface area contributed by atoms with Gasteiger partial charge in [0, 0.05) is 124 Å². The van der Waals surface area contributed by atoms with Crippen molar-refractivity contribution in [3.63, 3.8) is 0 Å². The summed E-state index contributed by atoms with van der Waals surface area (Å²) in [4.78, 5) is 43.8. The first kappa shape index (κ1) is 105. The number of nitrogens with two attached hydrogens (primary N) is 1. The molecule has 1 aliphatic carbocycles. The van der Waals surface area contributed by atoms with Crippen LogP contribution in [0.15, 0.2) is 88.3 Å². The number of rotatable bonds is 12. The van der Waals surface area contributed by atoms with E-state index >= 15 is 0 Å². The van der Waals surface area contributed by atoms with Crippen molar-refractivity contribution < 1.29 is 18.7 Å². The van der Waals surface area contributed by atoms with Gasteiger partial charge in [-0.2, -0.15) is 10.1 Å². The maximum atomic E-state index is 11.6. The lowest BCUT2D eigenvalue weighted by atomic mass is 9.92. The van der Waals surface area contributed by atoms with Crippen LogP contribution in [0.25, 0.3) is 0 Å². The predicted octanol–water partition coefficient (Wildman–Crippen LogP) is 25.3. The third-order valence-electron chi connectivity index (χ3n) is 15.6. The molecule has 9 aromatic rings. The molecule has 26 heteroatoms. The second-order valence-corrected chi connectivity index (χ2v) is 44.6. The molecule has 0 unspecified atom stereocenters. The number of oxazole rings is 1. The fourth-order valence-electron chi connectivity index (χ4n) is 9.21. The summed E-state index contributed by atoms with van der Waals surface area (Å²) < 4.78 is 17.5. The summed E-state index contributed by atoms with van der Waals surface area (Å²) in [5.41, 5.74) is 13.5. The molecular formula is C91H154N18O4S4. The minimum absolute atomic E-state index is 0.0500. The molecule has 0 saturated heterocycles. The second kappa shape index (κ2) is 45.0. The highest BCUT2D eigenvalue weighted by Crippen LogP contribution is 2.34. The first-order valence-electron chi connectivity index (χ1n) is 40.9. The van der Waals surface area contributed by atoms with Gasteiger partial charge in [-0.3, -0.25) is 10.00 Å². The molecule has 0 aromatic carbocycles. The highest BCUT2D eigenvalue weighted by atomic mass is 32.1. The fraction of sp³-hybridized carbons (Fsp3) is 0.637. The molecule has 117 heavy (non-hydrogen) atoms. The number of aromatic nitrogens is 11. The van der Waals surface area contributed by atoms with Gasteiger partial charge in [-0.1, -0.05) is 207 Å². The zero-order chi connectivity index (χ0) is 90.0. The lowest BCUT2D eigenvalue weighted by Crippen LogP contribution is -2.27. The first-order valence-corrected chi connectivity index (χ1v) is 44.3. The van der Waals surface area contributed by atoms with Crippen LogP contribution in [0.4, 0.5) is 44.3 Å². The van der Waals surface area contributed by atoms with Crippen LogP contribution < -0.4 is 42.4 Å². The summed E-state index contributed by atoms with van der Waals surface area (Å²) in [7, 11) is 1.64. The first-order chi connectivity index (χ1) is 53.1. The van der Waals surface area contributed by atoms with E-state index in [2.05, 4.69) is 349 Å². The van der Waals surface area contributed by atoms with E-state index < -0.39 is 11.7 Å². The lowest BCUT2D eigenvalue weighted by Gasteiger charge is -2.21. The van der Waals surface area contributed by atoms with Gasteiger partial charge in [0.1, 0.15) is 40.1 Å². The highest BCUT2D eigenvalue weighted by Gasteiger charge is 2.27. The van der Waals surface area contributed by atoms with Crippen molar-refractivity contribution in [2.24, 2.45) is 0 Å². The van der Waals surface area contributed by atoms with Crippen molar-refractivity contribution in [2.75, 3.05) is 44.7 Å². The van der Waals surface area contributed by atoms with Gasteiger partial charge < -0.3 is 46.2 Å². The number of aryl methyl sites for hydroxylation is 2. The topological polar surface area (TPSA) is 281 Å². The largest absolute Gasteiger partial charge is 0.473 e. The van der Waals surface area contributed by atoms with E-state index in [1.165, 1.54) is 28.4 Å². The summed E-state index contributed by atoms with van der Waals surface area (Å²) in [6, 6.07) is 22.5. The number of pyridine rings is 3. The van der Waals surface area contributed by atoms with Gasteiger partial charge in [-0.05, 0) is 160 Å². The van der Waals surface area contributed by atoms with E-state index in [1.807, 2.05) is 80.4 Å². The van der Waals surface area contributed by atoms with Crippen LogP contribution >= 0.6 is 45.3 Å². The number of nitrogen functional groups attached to an aromatic ring is 1. The Morgan fingerprint density at radius 1 is 0.479 bits per heavy atom. The van der Waals surface area contributed by atoms with E-state index in [1.54, 1.807) is 70.9 Å². The summed E-state index contributed by atoms with van der Waals surface area (Å²) in [6.45, 7) is 84.5. The molecule has 0 bridgehead atoms. The predicted molar refractivity (Wildman–Crippen MR) is 504 cm³/mol. The molecular weight excluding hydrogens is 1540 g/mol. The summed E-state index contributed by atoms with van der Waals surface area (Å²) in [5, 5.41) is 40.8. The SMILES string of the molecule is CC(C)(C)OC(=O)Nc1cccc(C(C)(C)C)n1.CC(C)(C)c1cccc(N)n1.CC(C)(C)c1coc(NC2CC2)n1.CC(C)Nc1cccc(C(C)(C)C)n1.CC(C)Nc1ccn(C(C)(C)C)n1.CC(C)Nc1nnc(C(C)(C)C)s1.COc1nc(C(C)(C)C)cs1.Cc1csc(C(C)(C)C)n1.Cc1sc(NC(C)C)nc1C(C)(C)C. The Morgan fingerprint density at radius 3 is 1.31 bits per heavy atom. The number of nitrogens with one attached hydrogen (secondary N) is 6. The van der Waals surface area contributed by atoms with E-state index in [-0.39, 0.29) is 48.9 Å². The molecule has 1 fully saturated rings. The Morgan fingerprint density at radius 2 is 0.949 bits per heavy atom. The van der Waals surface area contributed by atoms with Crippen molar-refractivity contribution in [3.05, 3.63) is 139 Å². The van der Waals surface area contributed by atoms with Gasteiger partial charge in [-0.25, -0.2) is 34.7 Å². The number of ether oxygens (including phenoxy) is 2. The van der Waals surface area contributed by atoms with E-state index in [9.17, 15) is 4.79 Å². The Hall–Kier alpha value is -7.81. The van der Waals surface area contributed by atoms with Crippen LogP contribution in [0.5, 0.6) is 5.19 Å². The Labute approximate surface area is 722 Å². The maximum Gasteiger partial charge on any atom is 0.413 e. The zero-order valence-electron chi connectivity index (χ0n) is 79.6. The highest BCUT2D eigenvalue weighted by molar-refractivity contribution is 7.15. The maximum absolute atomic E-state index is 11.6. The normalized spacial score (nSPS) is 12.6. The standard InChI is InChI=1S/C14H22N2O2.C12H20N2.C11H20N2S.C10H19N3.C10H16N2O.C9H17N3S.C9H14N2.C8H13NOS.C8H13NS/c1-13(2,3)10-8-7-9-11(15-10)16-12(17)18-14(4,5)6;1-9(2)13-11-8-6-7-10(14-11)12(3,4)5;1-7(2)12-10-13-9(8(3)14-10)11(4,5)6;1-8(2)11-9-6-7-13(12-9)10(3,4)5;1-10(2,3)8-6-13-9(12-8)11-7-4-5-7;1-6(2)10-8-12-11-7(13-8)9(3,4)5;1-9(2,3)7-5-4-6-8(10)11-7;1-8(2,3)6-5-11-7(9-6)10-4;1-6-5-10-7(9-6)8(2,3)4/h7-9H,1-6H3,(H,15,16,17);6-9H,1-5H3,(H,13,14);7H,1-6H3,(H,12,13);6-8H,1-5H3,(H,11,12);6-7H,4-5H2,1-3H3,(H,11,12);6H,1-5H3,(H,10,12);4-6H,1-3H3,(H2,10,11);5H,1-4H3;5H,1-4H3. The Balaban J connectivity index is 0.000000448. The average Bonchev–Trinajstić information content (AvgIpc) is 1.66. The fourth-order valence-corrected chi connectivity index (χ4v) is 13.1. The molecule has 9 aromatic heterocycles. The van der Waals surface area contributed by atoms with E-state index in [4.69, 9.17) is 19.6 Å². The number of carbonyl (C=O) groups is 1. The van der Waals surface area contributed by atoms with Gasteiger partial charge in [0.25, 0.3) is 11.2 Å². The average molecular weight is 1690 g/mol. The van der Waals surface area contributed by atoms with Gasteiger partial charge in [0.15, 0.2) is 5.13 Å². The summed E-state index contributed by atoms with van der Waals surface area (Å²) >= 11 is 6.67. The summed E-state index contributed by atoms with van der Waals surface area (Å²) in [5.74, 6) is 3.02. The number of amides is 1. The number of hydrogen-bond acceptors (Lipinski definition) is 24. The molecule has 0 atom stereocenters. The van der Waals surface area contributed by atoms with Crippen LogP contribution in [0.2, 0.25) is 0 Å². The number of methoxy groups -OCH3 is 1. The molecule has 0 spiro atoms. The van der Waals surface area contributed by atoms with Crippen LogP contribution in [0.1, 0.15) is 331 Å². The lowest BCUT2D eigenvalue weighted by molar-refractivity contribution is 0.0635. The molecule has 656 valence electrons. The summed E-state index contributed by atoms with van der Waals surface area (Å²) in [6.07, 6.45) is 5.75. The third-order valence-corrected chi connectivity index (χ3v) is 20.0. The molecule has 0 radical (unpaired) electrons. The van der Waals surface area contributed by atoms with Gasteiger partial charge >= 0.3 is 6.09 Å². The number of anilines is 7. The quantitative estimate of drug-likeness (QED) is 0.0598. The van der Waals surface area contributed by atoms with Crippen molar-refractivity contribution in [2.45, 2.75) is 374 Å². The molecule has 1 saturated carbocycles. The molecule has 9 heterocycles. The zero-order valence-corrected chi connectivity index (χ0v) is 82.9. The third kappa shape index (κ3) is 43.6. The van der Waals surface area contributed by atoms with E-state index in [0.717, 1.165) is 66.3 Å². The molecule has 1 aliphatic rings. The minimum atomic E-state index is -0.508. The second-order valence-electron chi connectivity index (χ2n) is 40.7. The molecule has 8 N–H and O–H groups in total. The van der Waals surface area contributed by atoms with Crippen LogP contribution in [-0.4, -0.2) is 104 Å². The van der Waals surface area contributed by atoms with Gasteiger partial charge in [0.05, 0.1) is 34.7 Å². The molecule has 22 nitrogen and oxygen atoms in total. The smallest absolute Gasteiger partial charge is 0.413 e. The van der Waals surface area contributed by atoms with E-state index in [0.29, 0.717) is 47.9 Å². The number of nitrogens with zero attached hydrogens (tertiary/aromatic N) is 11. The van der Waals surface area contributed by atoms with Gasteiger partial charge in [-0.15, -0.1) is 32.9 Å². The van der Waals surface area contributed by atoms with Crippen molar-refractivity contribution in [3.8, 4) is 5.19 Å². The van der Waals surface area contributed by atoms with Crippen LogP contribution in [0.3, 0.4) is 0 Å². The van der Waals surface area contributed by atoms with Crippen molar-refractivity contribution in [1.82, 2.24) is 54.9 Å². The monoisotopic (exact) mass is 1690 g/mol. The Kier molecular flexibility index (Phi) is 40.5. The number of carbonyl (C=O) groups excluding carboxylic acids is 1.